The molecule has 0 bridgehead atoms. The Kier molecular flexibility index (Phi) is 4.56. The predicted octanol–water partition coefficient (Wildman–Crippen LogP) is 1.51. The van der Waals surface area contributed by atoms with Gasteiger partial charge in [-0.2, -0.15) is 0 Å². The molecule has 0 unspecified atom stereocenters. The maximum absolute atomic E-state index is 5.30. The van der Waals surface area contributed by atoms with Gasteiger partial charge in [0.2, 0.25) is 0 Å². The summed E-state index contributed by atoms with van der Waals surface area (Å²) in [6.07, 6.45) is 6.66. The molecule has 0 atom stereocenters. The molecule has 1 N–H and O–H groups in total. The van der Waals surface area contributed by atoms with Gasteiger partial charge in [-0.25, -0.2) is 0 Å². The van der Waals surface area contributed by atoms with Crippen molar-refractivity contribution in [2.24, 2.45) is 0 Å². The quantitative estimate of drug-likeness (QED) is 0.555. The number of ether oxygens (including phenoxy) is 1. The molecule has 60 valence electrons. The van der Waals surface area contributed by atoms with Crippen LogP contribution in [0.4, 0.5) is 0 Å². The van der Waals surface area contributed by atoms with E-state index in [2.05, 4.69) is 5.32 Å². The van der Waals surface area contributed by atoms with Crippen LogP contribution < -0.4 is 5.32 Å². The van der Waals surface area contributed by atoms with Crippen LogP contribution in [0.3, 0.4) is 0 Å². The van der Waals surface area contributed by atoms with Crippen molar-refractivity contribution in [1.29, 1.82) is 0 Å². The van der Waals surface area contributed by atoms with E-state index in [0.717, 1.165) is 19.9 Å². The summed E-state index contributed by atoms with van der Waals surface area (Å²) in [4.78, 5) is 0. The van der Waals surface area contributed by atoms with Crippen LogP contribution >= 0.6 is 0 Å². The molecule has 0 radical (unpaired) electrons. The first-order valence-corrected chi connectivity index (χ1v) is 4.28. The van der Waals surface area contributed by atoms with Gasteiger partial charge in [-0.1, -0.05) is 19.3 Å². The lowest BCUT2D eigenvalue weighted by Gasteiger charge is -2.08. The lowest BCUT2D eigenvalue weighted by molar-refractivity contribution is 0.110. The largest absolute Gasteiger partial charge is 0.366 e. The topological polar surface area (TPSA) is 21.3 Å². The van der Waals surface area contributed by atoms with Gasteiger partial charge in [0.1, 0.15) is 0 Å². The highest BCUT2D eigenvalue weighted by Gasteiger charge is 1.94. The van der Waals surface area contributed by atoms with E-state index in [0.29, 0.717) is 0 Å². The molecule has 1 aliphatic rings. The maximum Gasteiger partial charge on any atom is 0.0965 e. The number of rotatable bonds is 0. The second-order valence-corrected chi connectivity index (χ2v) is 2.82. The van der Waals surface area contributed by atoms with Gasteiger partial charge in [0.15, 0.2) is 0 Å². The summed E-state index contributed by atoms with van der Waals surface area (Å²) in [5.74, 6) is 0. The molecule has 1 fully saturated rings. The Morgan fingerprint density at radius 1 is 0.900 bits per heavy atom. The molecule has 0 aliphatic carbocycles. The van der Waals surface area contributed by atoms with E-state index < -0.39 is 0 Å². The van der Waals surface area contributed by atoms with Crippen molar-refractivity contribution in [3.05, 3.63) is 0 Å². The Hall–Kier alpha value is -0.0800. The Bertz CT molecular complexity index is 42.4. The summed E-state index contributed by atoms with van der Waals surface area (Å²) in [6, 6.07) is 0. The van der Waals surface area contributed by atoms with Crippen molar-refractivity contribution in [1.82, 2.24) is 5.32 Å². The average molecular weight is 143 g/mol. The van der Waals surface area contributed by atoms with Crippen LogP contribution in [0.1, 0.15) is 32.1 Å². The maximum atomic E-state index is 5.30. The normalized spacial score (nSPS) is 24.0. The van der Waals surface area contributed by atoms with E-state index >= 15 is 0 Å². The van der Waals surface area contributed by atoms with Crippen LogP contribution in [0.5, 0.6) is 0 Å². The van der Waals surface area contributed by atoms with E-state index in [1.165, 1.54) is 32.1 Å². The van der Waals surface area contributed by atoms with Crippen molar-refractivity contribution < 1.29 is 4.74 Å². The highest BCUT2D eigenvalue weighted by Crippen LogP contribution is 2.03. The molecule has 1 rings (SSSR count). The van der Waals surface area contributed by atoms with E-state index in [4.69, 9.17) is 4.74 Å². The van der Waals surface area contributed by atoms with E-state index in [-0.39, 0.29) is 0 Å². The molecule has 0 amide bonds. The van der Waals surface area contributed by atoms with Gasteiger partial charge in [-0.15, -0.1) is 0 Å². The Morgan fingerprint density at radius 3 is 2.70 bits per heavy atom. The van der Waals surface area contributed by atoms with Crippen LogP contribution in [0.15, 0.2) is 0 Å². The first-order chi connectivity index (χ1) is 5.00. The minimum atomic E-state index is 0.750. The fourth-order valence-corrected chi connectivity index (χ4v) is 1.20. The molecule has 1 aliphatic heterocycles. The molecular formula is C8H17NO. The molecule has 0 saturated carbocycles. The summed E-state index contributed by atoms with van der Waals surface area (Å²) in [6.45, 7) is 2.81. The lowest BCUT2D eigenvalue weighted by atomic mass is 10.1. The fourth-order valence-electron chi connectivity index (χ4n) is 1.20. The number of hydrogen-bond acceptors (Lipinski definition) is 2. The van der Waals surface area contributed by atoms with Crippen LogP contribution in [0.2, 0.25) is 0 Å². The molecule has 0 aromatic heterocycles. The second kappa shape index (κ2) is 5.69. The third-order valence-corrected chi connectivity index (χ3v) is 1.85. The van der Waals surface area contributed by atoms with Gasteiger partial charge in [-0.05, 0) is 19.4 Å². The van der Waals surface area contributed by atoms with Gasteiger partial charge in [-0.3, -0.25) is 5.32 Å². The van der Waals surface area contributed by atoms with Crippen molar-refractivity contribution in [3.63, 3.8) is 0 Å². The average Bonchev–Trinajstić information content (AvgIpc) is 2.01. The van der Waals surface area contributed by atoms with Crippen LogP contribution in [0.25, 0.3) is 0 Å². The third-order valence-electron chi connectivity index (χ3n) is 1.85. The molecule has 0 spiro atoms. The number of nitrogens with one attached hydrogen (secondary N) is 1. The molecule has 1 saturated heterocycles. The van der Waals surface area contributed by atoms with Crippen molar-refractivity contribution >= 4 is 0 Å². The zero-order valence-electron chi connectivity index (χ0n) is 6.57. The van der Waals surface area contributed by atoms with Gasteiger partial charge >= 0.3 is 0 Å². The summed E-state index contributed by atoms with van der Waals surface area (Å²) in [5.41, 5.74) is 0. The minimum absolute atomic E-state index is 0.750. The van der Waals surface area contributed by atoms with Crippen LogP contribution in [0, 0.1) is 0 Å². The third kappa shape index (κ3) is 3.85. The van der Waals surface area contributed by atoms with Gasteiger partial charge < -0.3 is 4.74 Å². The summed E-state index contributed by atoms with van der Waals surface area (Å²) < 4.78 is 5.30. The van der Waals surface area contributed by atoms with Gasteiger partial charge in [0, 0.05) is 6.61 Å². The van der Waals surface area contributed by atoms with Crippen molar-refractivity contribution in [2.75, 3.05) is 19.9 Å². The SMILES string of the molecule is C1CCCNCOCCC1. The molecule has 0 aromatic rings. The van der Waals surface area contributed by atoms with Crippen molar-refractivity contribution in [3.8, 4) is 0 Å². The zero-order chi connectivity index (χ0) is 7.07. The molecule has 2 heteroatoms. The Morgan fingerprint density at radius 2 is 1.70 bits per heavy atom. The van der Waals surface area contributed by atoms with E-state index in [9.17, 15) is 0 Å². The predicted molar refractivity (Wildman–Crippen MR) is 41.9 cm³/mol. The molecule has 0 aromatic carbocycles. The molecular weight excluding hydrogens is 126 g/mol. The summed E-state index contributed by atoms with van der Waals surface area (Å²) in [5, 5.41) is 3.23. The van der Waals surface area contributed by atoms with Crippen molar-refractivity contribution in [2.45, 2.75) is 32.1 Å². The highest BCUT2D eigenvalue weighted by molar-refractivity contribution is 4.48. The monoisotopic (exact) mass is 143 g/mol. The van der Waals surface area contributed by atoms with Gasteiger partial charge in [0.05, 0.1) is 6.73 Å². The van der Waals surface area contributed by atoms with E-state index in [1.807, 2.05) is 0 Å². The smallest absolute Gasteiger partial charge is 0.0965 e. The highest BCUT2D eigenvalue weighted by atomic mass is 16.5. The Labute approximate surface area is 63.0 Å². The summed E-state index contributed by atoms with van der Waals surface area (Å²) >= 11 is 0. The zero-order valence-corrected chi connectivity index (χ0v) is 6.57. The first kappa shape index (κ1) is 8.02. The summed E-state index contributed by atoms with van der Waals surface area (Å²) in [7, 11) is 0. The van der Waals surface area contributed by atoms with E-state index in [1.54, 1.807) is 0 Å². The minimum Gasteiger partial charge on any atom is -0.366 e. The second-order valence-electron chi connectivity index (χ2n) is 2.82. The van der Waals surface area contributed by atoms with Gasteiger partial charge in [0.25, 0.3) is 0 Å². The van der Waals surface area contributed by atoms with Crippen LogP contribution in [-0.4, -0.2) is 19.9 Å². The molecule has 1 heterocycles. The number of hydrogen-bond donors (Lipinski definition) is 1. The fraction of sp³-hybridized carbons (Fsp3) is 1.00. The molecule has 10 heavy (non-hydrogen) atoms. The Balaban J connectivity index is 2.00. The first-order valence-electron chi connectivity index (χ1n) is 4.28. The lowest BCUT2D eigenvalue weighted by Crippen LogP contribution is -2.20. The standard InChI is InChI=1S/C8H17NO/c1-2-4-6-9-8-10-7-5-3-1/h9H,1-8H2. The molecule has 2 nitrogen and oxygen atoms in total. The van der Waals surface area contributed by atoms with Crippen LogP contribution in [-0.2, 0) is 4.74 Å².